The van der Waals surface area contributed by atoms with E-state index in [1.165, 1.54) is 0 Å². The standard InChI is InChI=1S/C11H9BrN2OS.K/c12-9-5-4-8(16-9)10-13-7-3-1-2-6(7)11(15)14-10;/h4-5H,1-3H2,(H,13,14,15);/q;+1/p-1. The number of nitrogens with zero attached hydrogens (tertiary/aromatic N) is 2. The van der Waals surface area contributed by atoms with E-state index in [-0.39, 0.29) is 57.3 Å². The number of halogens is 1. The van der Waals surface area contributed by atoms with Gasteiger partial charge in [-0.3, -0.25) is 0 Å². The molecule has 3 nitrogen and oxygen atoms in total. The van der Waals surface area contributed by atoms with E-state index in [0.29, 0.717) is 5.82 Å². The van der Waals surface area contributed by atoms with Crippen LogP contribution in [0.1, 0.15) is 17.7 Å². The largest absolute Gasteiger partial charge is 1.00 e. The van der Waals surface area contributed by atoms with Gasteiger partial charge < -0.3 is 5.11 Å². The van der Waals surface area contributed by atoms with Crippen LogP contribution >= 0.6 is 27.3 Å². The molecule has 0 radical (unpaired) electrons. The van der Waals surface area contributed by atoms with E-state index >= 15 is 0 Å². The van der Waals surface area contributed by atoms with Crippen molar-refractivity contribution in [3.63, 3.8) is 0 Å². The summed E-state index contributed by atoms with van der Waals surface area (Å²) in [6, 6.07) is 3.88. The zero-order valence-corrected chi connectivity index (χ0v) is 14.9. The van der Waals surface area contributed by atoms with Crippen LogP contribution in [-0.4, -0.2) is 9.97 Å². The summed E-state index contributed by atoms with van der Waals surface area (Å²) >= 11 is 4.94. The van der Waals surface area contributed by atoms with E-state index in [2.05, 4.69) is 25.9 Å². The first-order chi connectivity index (χ1) is 7.74. The second-order valence-corrected chi connectivity index (χ2v) is 6.20. The molecule has 0 spiro atoms. The Labute approximate surface area is 154 Å². The molecule has 2 aromatic rings. The third-order valence-electron chi connectivity index (χ3n) is 2.69. The molecular weight excluding hydrogens is 327 g/mol. The van der Waals surface area contributed by atoms with Crippen LogP contribution in [0.4, 0.5) is 0 Å². The van der Waals surface area contributed by atoms with Crippen LogP contribution < -0.4 is 56.5 Å². The summed E-state index contributed by atoms with van der Waals surface area (Å²) in [4.78, 5) is 9.47. The third kappa shape index (κ3) is 2.83. The number of aryl methyl sites for hydroxylation is 1. The molecule has 1 aliphatic rings. The van der Waals surface area contributed by atoms with Crippen molar-refractivity contribution >= 4 is 27.3 Å². The molecule has 2 aromatic heterocycles. The Morgan fingerprint density at radius 3 is 2.76 bits per heavy atom. The minimum atomic E-state index is -0.0953. The summed E-state index contributed by atoms with van der Waals surface area (Å²) < 4.78 is 1.03. The molecule has 0 aliphatic heterocycles. The van der Waals surface area contributed by atoms with Gasteiger partial charge in [0.05, 0.1) is 8.66 Å². The molecular formula is C11H8BrKN2OS. The number of hydrogen-bond acceptors (Lipinski definition) is 4. The van der Waals surface area contributed by atoms with Gasteiger partial charge in [0.1, 0.15) is 0 Å². The molecule has 1 aliphatic carbocycles. The minimum absolute atomic E-state index is 0. The monoisotopic (exact) mass is 334 g/mol. The van der Waals surface area contributed by atoms with Crippen LogP contribution in [0.25, 0.3) is 10.7 Å². The Morgan fingerprint density at radius 1 is 1.24 bits per heavy atom. The minimum Gasteiger partial charge on any atom is -0.858 e. The molecule has 17 heavy (non-hydrogen) atoms. The van der Waals surface area contributed by atoms with Crippen LogP contribution in [0.15, 0.2) is 15.9 Å². The molecule has 6 heteroatoms. The van der Waals surface area contributed by atoms with Gasteiger partial charge in [0, 0.05) is 5.69 Å². The summed E-state index contributed by atoms with van der Waals surface area (Å²) in [5.74, 6) is 0.475. The molecule has 0 bridgehead atoms. The normalized spacial score (nSPS) is 13.2. The summed E-state index contributed by atoms with van der Waals surface area (Å²) in [5, 5.41) is 11.8. The van der Waals surface area contributed by atoms with E-state index in [4.69, 9.17) is 0 Å². The molecule has 82 valence electrons. The van der Waals surface area contributed by atoms with E-state index < -0.39 is 0 Å². The average molecular weight is 335 g/mol. The first kappa shape index (κ1) is 14.1. The van der Waals surface area contributed by atoms with Gasteiger partial charge in [0.2, 0.25) is 0 Å². The van der Waals surface area contributed by atoms with Crippen LogP contribution in [-0.2, 0) is 12.8 Å². The van der Waals surface area contributed by atoms with Gasteiger partial charge in [0.15, 0.2) is 5.82 Å². The molecule has 0 aromatic carbocycles. The third-order valence-corrected chi connectivity index (χ3v) is 4.31. The van der Waals surface area contributed by atoms with Crippen molar-refractivity contribution in [1.29, 1.82) is 0 Å². The van der Waals surface area contributed by atoms with E-state index in [1.54, 1.807) is 11.3 Å². The number of aromatic nitrogens is 2. The maximum atomic E-state index is 11.8. The van der Waals surface area contributed by atoms with E-state index in [9.17, 15) is 5.11 Å². The molecule has 0 atom stereocenters. The van der Waals surface area contributed by atoms with Gasteiger partial charge in [-0.15, -0.1) is 11.3 Å². The topological polar surface area (TPSA) is 48.8 Å². The quantitative estimate of drug-likeness (QED) is 0.663. The maximum Gasteiger partial charge on any atom is 1.00 e. The summed E-state index contributed by atoms with van der Waals surface area (Å²) in [7, 11) is 0. The molecule has 0 fully saturated rings. The summed E-state index contributed by atoms with van der Waals surface area (Å²) in [6.07, 6.45) is 2.77. The van der Waals surface area contributed by atoms with Gasteiger partial charge in [-0.25, -0.2) is 9.97 Å². The summed E-state index contributed by atoms with van der Waals surface area (Å²) in [6.45, 7) is 0. The van der Waals surface area contributed by atoms with Crippen molar-refractivity contribution in [2.75, 3.05) is 0 Å². The Balaban J connectivity index is 0.00000108. The Kier molecular flexibility index (Phi) is 4.79. The smallest absolute Gasteiger partial charge is 0.858 e. The van der Waals surface area contributed by atoms with Gasteiger partial charge in [-0.2, -0.15) is 0 Å². The van der Waals surface area contributed by atoms with Crippen molar-refractivity contribution in [3.05, 3.63) is 27.2 Å². The van der Waals surface area contributed by atoms with Crippen molar-refractivity contribution in [1.82, 2.24) is 9.97 Å². The number of rotatable bonds is 1. The molecule has 0 unspecified atom stereocenters. The van der Waals surface area contributed by atoms with Crippen LogP contribution in [0, 0.1) is 0 Å². The Bertz CT molecular complexity index is 558. The van der Waals surface area contributed by atoms with Crippen molar-refractivity contribution in [2.24, 2.45) is 0 Å². The molecule has 2 heterocycles. The zero-order chi connectivity index (χ0) is 11.1. The Morgan fingerprint density at radius 2 is 2.06 bits per heavy atom. The van der Waals surface area contributed by atoms with Gasteiger partial charge in [-0.1, -0.05) is 0 Å². The number of hydrogen-bond donors (Lipinski definition) is 0. The van der Waals surface area contributed by atoms with Gasteiger partial charge >= 0.3 is 51.4 Å². The summed E-state index contributed by atoms with van der Waals surface area (Å²) in [5.41, 5.74) is 1.76. The maximum absolute atomic E-state index is 11.8. The SMILES string of the molecule is [K+].[O-]c1nc(-c2ccc(Br)s2)nc2c1CCC2. The molecule has 0 amide bonds. The van der Waals surface area contributed by atoms with E-state index in [1.807, 2.05) is 12.1 Å². The zero-order valence-electron chi connectivity index (χ0n) is 9.36. The molecule has 3 rings (SSSR count). The molecule has 0 saturated carbocycles. The van der Waals surface area contributed by atoms with Crippen LogP contribution in [0.5, 0.6) is 5.88 Å². The van der Waals surface area contributed by atoms with E-state index in [0.717, 1.165) is 39.2 Å². The van der Waals surface area contributed by atoms with Crippen LogP contribution in [0.2, 0.25) is 0 Å². The second kappa shape index (κ2) is 5.77. The number of thiophene rings is 1. The van der Waals surface area contributed by atoms with Crippen molar-refractivity contribution < 1.29 is 56.5 Å². The average Bonchev–Trinajstić information content (AvgIpc) is 2.85. The predicted octanol–water partition coefficient (Wildman–Crippen LogP) is -0.466. The number of fused-ring (bicyclic) bond motifs is 1. The van der Waals surface area contributed by atoms with Crippen molar-refractivity contribution in [3.8, 4) is 16.6 Å². The molecule has 0 N–H and O–H groups in total. The fraction of sp³-hybridized carbons (Fsp3) is 0.273. The van der Waals surface area contributed by atoms with Gasteiger partial charge in [0.25, 0.3) is 0 Å². The fourth-order valence-corrected chi connectivity index (χ4v) is 3.26. The molecule has 0 saturated heterocycles. The first-order valence-electron chi connectivity index (χ1n) is 5.06. The predicted molar refractivity (Wildman–Crippen MR) is 64.5 cm³/mol. The second-order valence-electron chi connectivity index (χ2n) is 3.73. The van der Waals surface area contributed by atoms with Crippen LogP contribution in [0.3, 0.4) is 0 Å². The Hall–Kier alpha value is 0.696. The fourth-order valence-electron chi connectivity index (χ4n) is 1.94. The first-order valence-corrected chi connectivity index (χ1v) is 6.67. The van der Waals surface area contributed by atoms with Gasteiger partial charge in [-0.05, 0) is 58.8 Å². The van der Waals surface area contributed by atoms with Crippen molar-refractivity contribution in [2.45, 2.75) is 19.3 Å².